The van der Waals surface area contributed by atoms with Gasteiger partial charge in [0.15, 0.2) is 0 Å². The standard InChI is InChI=1S/C23H22Cl2N4O3/c1-14-18(20(31)29(28(14)3)17-10-5-4-6-11-17)27-19(30)15-8-7-9-16(12-15)26-21(32)22(2)13-23(22,24)25/h4-12H,13H2,1-3H3,(H,26,32)(H,27,30). The fourth-order valence-corrected chi connectivity index (χ4v) is 4.26. The van der Waals surface area contributed by atoms with Gasteiger partial charge in [0.25, 0.3) is 11.5 Å². The van der Waals surface area contributed by atoms with Gasteiger partial charge >= 0.3 is 0 Å². The first-order valence-corrected chi connectivity index (χ1v) is 10.8. The number of anilines is 2. The van der Waals surface area contributed by atoms with E-state index in [-0.39, 0.29) is 17.2 Å². The molecule has 0 saturated heterocycles. The van der Waals surface area contributed by atoms with Gasteiger partial charge in [0.1, 0.15) is 10.0 Å². The van der Waals surface area contributed by atoms with E-state index in [0.29, 0.717) is 29.1 Å². The molecule has 1 saturated carbocycles. The van der Waals surface area contributed by atoms with Crippen molar-refractivity contribution in [2.45, 2.75) is 24.6 Å². The van der Waals surface area contributed by atoms with Gasteiger partial charge in [-0.15, -0.1) is 23.2 Å². The summed E-state index contributed by atoms with van der Waals surface area (Å²) in [6.07, 6.45) is 0.357. The lowest BCUT2D eigenvalue weighted by Crippen LogP contribution is -2.26. The largest absolute Gasteiger partial charge is 0.325 e. The molecular weight excluding hydrogens is 451 g/mol. The van der Waals surface area contributed by atoms with Gasteiger partial charge in [0.2, 0.25) is 5.91 Å². The van der Waals surface area contributed by atoms with Crippen LogP contribution in [0.1, 0.15) is 29.4 Å². The molecule has 1 fully saturated rings. The molecule has 2 N–H and O–H groups in total. The van der Waals surface area contributed by atoms with Gasteiger partial charge in [-0.05, 0) is 50.6 Å². The average Bonchev–Trinajstić information content (AvgIpc) is 3.22. The number of aromatic nitrogens is 2. The van der Waals surface area contributed by atoms with Gasteiger partial charge in [-0.2, -0.15) is 0 Å². The second kappa shape index (κ2) is 7.83. The molecule has 1 aromatic heterocycles. The number of halogens is 2. The summed E-state index contributed by atoms with van der Waals surface area (Å²) < 4.78 is 2.09. The number of alkyl halides is 2. The number of benzene rings is 2. The van der Waals surface area contributed by atoms with E-state index in [1.165, 1.54) is 10.7 Å². The summed E-state index contributed by atoms with van der Waals surface area (Å²) in [7, 11) is 1.75. The lowest BCUT2D eigenvalue weighted by molar-refractivity contribution is -0.120. The Bertz CT molecular complexity index is 1280. The third-order valence-corrected chi connectivity index (χ3v) is 7.04. The molecule has 1 aliphatic rings. The number of carbonyl (C=O) groups excluding carboxylic acids is 2. The Morgan fingerprint density at radius 3 is 2.31 bits per heavy atom. The summed E-state index contributed by atoms with van der Waals surface area (Å²) >= 11 is 12.2. The molecule has 7 nitrogen and oxygen atoms in total. The fourth-order valence-electron chi connectivity index (χ4n) is 3.55. The van der Waals surface area contributed by atoms with Crippen LogP contribution in [-0.2, 0) is 11.8 Å². The molecule has 0 radical (unpaired) electrons. The maximum atomic E-state index is 13.0. The van der Waals surface area contributed by atoms with Crippen LogP contribution >= 0.6 is 23.2 Å². The minimum Gasteiger partial charge on any atom is -0.325 e. The molecule has 1 atom stereocenters. The number of hydrogen-bond acceptors (Lipinski definition) is 3. The maximum absolute atomic E-state index is 13.0. The highest BCUT2D eigenvalue weighted by molar-refractivity contribution is 6.53. The fraction of sp³-hybridized carbons (Fsp3) is 0.261. The molecule has 1 heterocycles. The van der Waals surface area contributed by atoms with Crippen molar-refractivity contribution >= 4 is 46.4 Å². The first-order chi connectivity index (χ1) is 15.0. The molecule has 0 aliphatic heterocycles. The Hall–Kier alpha value is -3.03. The van der Waals surface area contributed by atoms with Crippen LogP contribution in [0.25, 0.3) is 5.69 Å². The summed E-state index contributed by atoms with van der Waals surface area (Å²) in [5, 5.41) is 5.47. The smallest absolute Gasteiger partial charge is 0.295 e. The van der Waals surface area contributed by atoms with Crippen LogP contribution in [0.2, 0.25) is 0 Å². The van der Waals surface area contributed by atoms with Crippen LogP contribution < -0.4 is 16.2 Å². The summed E-state index contributed by atoms with van der Waals surface area (Å²) in [4.78, 5) is 38.4. The number of carbonyl (C=O) groups is 2. The Kier molecular flexibility index (Phi) is 5.43. The zero-order valence-electron chi connectivity index (χ0n) is 17.8. The summed E-state index contributed by atoms with van der Waals surface area (Å²) in [6, 6.07) is 15.6. The third kappa shape index (κ3) is 3.72. The Morgan fingerprint density at radius 2 is 1.69 bits per heavy atom. The predicted molar refractivity (Wildman–Crippen MR) is 126 cm³/mol. The number of amides is 2. The Morgan fingerprint density at radius 1 is 1.03 bits per heavy atom. The van der Waals surface area contributed by atoms with Gasteiger partial charge in [0.05, 0.1) is 16.8 Å². The van der Waals surface area contributed by atoms with Gasteiger partial charge in [0, 0.05) is 18.3 Å². The van der Waals surface area contributed by atoms with Crippen molar-refractivity contribution in [2.75, 3.05) is 10.6 Å². The first-order valence-electron chi connectivity index (χ1n) is 10.00. The van der Waals surface area contributed by atoms with E-state index in [1.54, 1.807) is 43.8 Å². The molecule has 32 heavy (non-hydrogen) atoms. The summed E-state index contributed by atoms with van der Waals surface area (Å²) in [5.74, 6) is -0.779. The molecule has 3 aromatic rings. The molecule has 166 valence electrons. The molecular formula is C23H22Cl2N4O3. The van der Waals surface area contributed by atoms with Crippen molar-refractivity contribution in [3.05, 3.63) is 76.2 Å². The third-order valence-electron chi connectivity index (χ3n) is 5.93. The van der Waals surface area contributed by atoms with Crippen molar-refractivity contribution in [3.8, 4) is 5.69 Å². The monoisotopic (exact) mass is 472 g/mol. The van der Waals surface area contributed by atoms with Gasteiger partial charge < -0.3 is 10.6 Å². The molecule has 1 aliphatic carbocycles. The van der Waals surface area contributed by atoms with Crippen molar-refractivity contribution < 1.29 is 9.59 Å². The zero-order chi connectivity index (χ0) is 23.3. The second-order valence-corrected chi connectivity index (χ2v) is 9.62. The SMILES string of the molecule is Cc1c(NC(=O)c2cccc(NC(=O)C3(C)CC3(Cl)Cl)c2)c(=O)n(-c2ccccc2)n1C. The van der Waals surface area contributed by atoms with Crippen LogP contribution in [-0.4, -0.2) is 25.5 Å². The lowest BCUT2D eigenvalue weighted by Gasteiger charge is -2.13. The summed E-state index contributed by atoms with van der Waals surface area (Å²) in [5.41, 5.74) is 1.01. The molecule has 4 rings (SSSR count). The topological polar surface area (TPSA) is 85.1 Å². The van der Waals surface area contributed by atoms with Crippen LogP contribution in [0, 0.1) is 12.3 Å². The van der Waals surface area contributed by atoms with Crippen LogP contribution in [0.4, 0.5) is 11.4 Å². The normalized spacial score (nSPS) is 18.8. The maximum Gasteiger partial charge on any atom is 0.295 e. The minimum absolute atomic E-state index is 0.190. The molecule has 2 amide bonds. The van der Waals surface area contributed by atoms with Gasteiger partial charge in [-0.1, -0.05) is 24.3 Å². The quantitative estimate of drug-likeness (QED) is 0.544. The Balaban J connectivity index is 1.56. The second-order valence-electron chi connectivity index (χ2n) is 8.14. The molecule has 0 spiro atoms. The first kappa shape index (κ1) is 22.2. The summed E-state index contributed by atoms with van der Waals surface area (Å²) in [6.45, 7) is 3.45. The lowest BCUT2D eigenvalue weighted by atomic mass is 10.1. The van der Waals surface area contributed by atoms with Crippen LogP contribution in [0.5, 0.6) is 0 Å². The van der Waals surface area contributed by atoms with Gasteiger partial charge in [-0.25, -0.2) is 4.68 Å². The molecule has 0 bridgehead atoms. The highest BCUT2D eigenvalue weighted by Gasteiger charge is 2.67. The predicted octanol–water partition coefficient (Wildman–Crippen LogP) is 4.26. The van der Waals surface area contributed by atoms with E-state index in [4.69, 9.17) is 23.2 Å². The number of para-hydroxylation sites is 1. The molecule has 2 aromatic carbocycles. The van der Waals surface area contributed by atoms with E-state index < -0.39 is 15.7 Å². The van der Waals surface area contributed by atoms with E-state index in [2.05, 4.69) is 10.6 Å². The van der Waals surface area contributed by atoms with Crippen molar-refractivity contribution in [3.63, 3.8) is 0 Å². The van der Waals surface area contributed by atoms with E-state index in [1.807, 2.05) is 30.3 Å². The average molecular weight is 473 g/mol. The van der Waals surface area contributed by atoms with Gasteiger partial charge in [-0.3, -0.25) is 19.1 Å². The zero-order valence-corrected chi connectivity index (χ0v) is 19.3. The number of hydrogen-bond donors (Lipinski definition) is 2. The van der Waals surface area contributed by atoms with Crippen molar-refractivity contribution in [1.82, 2.24) is 9.36 Å². The van der Waals surface area contributed by atoms with Crippen molar-refractivity contribution in [2.24, 2.45) is 12.5 Å². The highest BCUT2D eigenvalue weighted by atomic mass is 35.5. The Labute approximate surface area is 194 Å². The number of rotatable bonds is 5. The highest BCUT2D eigenvalue weighted by Crippen LogP contribution is 2.64. The van der Waals surface area contributed by atoms with E-state index in [9.17, 15) is 14.4 Å². The van der Waals surface area contributed by atoms with Crippen LogP contribution in [0.15, 0.2) is 59.4 Å². The number of nitrogens with zero attached hydrogens (tertiary/aromatic N) is 2. The molecule has 9 heteroatoms. The van der Waals surface area contributed by atoms with E-state index >= 15 is 0 Å². The minimum atomic E-state index is -1.09. The van der Waals surface area contributed by atoms with Crippen molar-refractivity contribution in [1.29, 1.82) is 0 Å². The number of nitrogens with one attached hydrogen (secondary N) is 2. The molecule has 1 unspecified atom stereocenters. The van der Waals surface area contributed by atoms with Crippen LogP contribution in [0.3, 0.4) is 0 Å². The van der Waals surface area contributed by atoms with E-state index in [0.717, 1.165) is 0 Å².